The van der Waals surface area contributed by atoms with E-state index in [9.17, 15) is 0 Å². The van der Waals surface area contributed by atoms with Crippen LogP contribution in [0.3, 0.4) is 0 Å². The molecule has 0 saturated heterocycles. The predicted octanol–water partition coefficient (Wildman–Crippen LogP) is 4.60. The molecule has 0 radical (unpaired) electrons. The number of hydrogen-bond donors (Lipinski definition) is 1. The number of rotatable bonds is 6. The van der Waals surface area contributed by atoms with E-state index in [1.807, 2.05) is 0 Å². The molecule has 1 saturated carbocycles. The first kappa shape index (κ1) is 15.6. The van der Waals surface area contributed by atoms with Gasteiger partial charge in [0.2, 0.25) is 0 Å². The molecule has 0 aliphatic heterocycles. The molecular weight excluding hydrogens is 242 g/mol. The number of aryl methyl sites for hydroxylation is 1. The molecule has 1 nitrogen and oxygen atoms in total. The Labute approximate surface area is 125 Å². The lowest BCUT2D eigenvalue weighted by molar-refractivity contribution is 0.222. The molecule has 20 heavy (non-hydrogen) atoms. The van der Waals surface area contributed by atoms with Gasteiger partial charge in [-0.25, -0.2) is 0 Å². The van der Waals surface area contributed by atoms with Crippen molar-refractivity contribution in [2.45, 2.75) is 64.8 Å². The van der Waals surface area contributed by atoms with E-state index < -0.39 is 0 Å². The first-order valence-corrected chi connectivity index (χ1v) is 8.51. The van der Waals surface area contributed by atoms with Crippen LogP contribution in [0.4, 0.5) is 0 Å². The van der Waals surface area contributed by atoms with Crippen LogP contribution in [0, 0.1) is 11.8 Å². The molecule has 1 fully saturated rings. The van der Waals surface area contributed by atoms with E-state index in [1.165, 1.54) is 49.7 Å². The summed E-state index contributed by atoms with van der Waals surface area (Å²) in [6, 6.07) is 9.87. The number of nitrogens with one attached hydrogen (secondary N) is 1. The Kier molecular flexibility index (Phi) is 6.09. The number of hydrogen-bond acceptors (Lipinski definition) is 1. The second-order valence-corrected chi connectivity index (χ2v) is 6.46. The van der Waals surface area contributed by atoms with Gasteiger partial charge in [0.25, 0.3) is 0 Å². The van der Waals surface area contributed by atoms with E-state index in [0.29, 0.717) is 6.04 Å². The number of benzene rings is 1. The molecule has 0 aromatic heterocycles. The van der Waals surface area contributed by atoms with Gasteiger partial charge in [0.05, 0.1) is 0 Å². The highest BCUT2D eigenvalue weighted by Gasteiger charge is 2.26. The van der Waals surface area contributed by atoms with Crippen LogP contribution in [0.1, 0.15) is 57.1 Å². The van der Waals surface area contributed by atoms with Gasteiger partial charge in [0.1, 0.15) is 0 Å². The fourth-order valence-electron chi connectivity index (χ4n) is 3.67. The Morgan fingerprint density at radius 3 is 2.10 bits per heavy atom. The van der Waals surface area contributed by atoms with E-state index in [0.717, 1.165) is 18.3 Å². The van der Waals surface area contributed by atoms with Gasteiger partial charge in [0, 0.05) is 6.04 Å². The third-order valence-electron chi connectivity index (χ3n) is 5.30. The summed E-state index contributed by atoms with van der Waals surface area (Å²) in [7, 11) is 2.14. The molecule has 112 valence electrons. The molecule has 0 spiro atoms. The summed E-state index contributed by atoms with van der Waals surface area (Å²) in [5.74, 6) is 1.86. The smallest absolute Gasteiger partial charge is 0.0133 e. The van der Waals surface area contributed by atoms with Crippen LogP contribution in [0.5, 0.6) is 0 Å². The molecule has 1 N–H and O–H groups in total. The van der Waals surface area contributed by atoms with Crippen LogP contribution in [-0.4, -0.2) is 13.1 Å². The van der Waals surface area contributed by atoms with Gasteiger partial charge < -0.3 is 5.32 Å². The normalized spacial score (nSPS) is 24.6. The van der Waals surface area contributed by atoms with E-state index in [4.69, 9.17) is 0 Å². The van der Waals surface area contributed by atoms with Crippen molar-refractivity contribution < 1.29 is 0 Å². The monoisotopic (exact) mass is 273 g/mol. The van der Waals surface area contributed by atoms with Crippen molar-refractivity contribution in [2.24, 2.45) is 11.8 Å². The highest BCUT2D eigenvalue weighted by Crippen LogP contribution is 2.33. The van der Waals surface area contributed by atoms with E-state index in [-0.39, 0.29) is 0 Å². The molecule has 2 rings (SSSR count). The highest BCUT2D eigenvalue weighted by molar-refractivity contribution is 5.23. The van der Waals surface area contributed by atoms with E-state index >= 15 is 0 Å². The van der Waals surface area contributed by atoms with Crippen LogP contribution in [0.15, 0.2) is 24.3 Å². The summed E-state index contributed by atoms with van der Waals surface area (Å²) >= 11 is 0. The van der Waals surface area contributed by atoms with Crippen molar-refractivity contribution in [3.05, 3.63) is 35.4 Å². The summed E-state index contributed by atoms with van der Waals surface area (Å²) in [5.41, 5.74) is 2.93. The average molecular weight is 273 g/mol. The molecule has 1 heteroatoms. The summed E-state index contributed by atoms with van der Waals surface area (Å²) in [6.45, 7) is 4.56. The predicted molar refractivity (Wildman–Crippen MR) is 88.1 cm³/mol. The summed E-state index contributed by atoms with van der Waals surface area (Å²) in [4.78, 5) is 0. The minimum absolute atomic E-state index is 0.653. The van der Waals surface area contributed by atoms with Gasteiger partial charge in [-0.15, -0.1) is 0 Å². The Hall–Kier alpha value is -0.820. The summed E-state index contributed by atoms with van der Waals surface area (Å²) in [5, 5.41) is 3.58. The van der Waals surface area contributed by atoms with Crippen LogP contribution < -0.4 is 5.32 Å². The molecule has 1 aromatic rings. The lowest BCUT2D eigenvalue weighted by Gasteiger charge is -2.33. The highest BCUT2D eigenvalue weighted by atomic mass is 14.9. The van der Waals surface area contributed by atoms with Gasteiger partial charge in [-0.3, -0.25) is 0 Å². The minimum Gasteiger partial charge on any atom is -0.316 e. The largest absolute Gasteiger partial charge is 0.316 e. The SMILES string of the molecule is CCc1ccc(CC(NC)C2CCC(CC)CC2)cc1. The van der Waals surface area contributed by atoms with Crippen LogP contribution in [-0.2, 0) is 12.8 Å². The fraction of sp³-hybridized carbons (Fsp3) is 0.684. The Morgan fingerprint density at radius 2 is 1.60 bits per heavy atom. The molecule has 0 heterocycles. The molecule has 0 bridgehead atoms. The third-order valence-corrected chi connectivity index (χ3v) is 5.30. The van der Waals surface area contributed by atoms with E-state index in [2.05, 4.69) is 50.5 Å². The van der Waals surface area contributed by atoms with Gasteiger partial charge in [-0.2, -0.15) is 0 Å². The van der Waals surface area contributed by atoms with Gasteiger partial charge in [0.15, 0.2) is 0 Å². The molecular formula is C19H31N. The third kappa shape index (κ3) is 4.09. The summed E-state index contributed by atoms with van der Waals surface area (Å²) < 4.78 is 0. The summed E-state index contributed by atoms with van der Waals surface area (Å²) in [6.07, 6.45) is 9.39. The zero-order chi connectivity index (χ0) is 14.4. The van der Waals surface area contributed by atoms with E-state index in [1.54, 1.807) is 0 Å². The van der Waals surface area contributed by atoms with Gasteiger partial charge in [-0.1, -0.05) is 57.4 Å². The van der Waals surface area contributed by atoms with Crippen molar-refractivity contribution in [3.63, 3.8) is 0 Å². The number of likely N-dealkylation sites (N-methyl/N-ethyl adjacent to an activating group) is 1. The van der Waals surface area contributed by atoms with Crippen LogP contribution >= 0.6 is 0 Å². The molecule has 1 unspecified atom stereocenters. The maximum Gasteiger partial charge on any atom is 0.0133 e. The lowest BCUT2D eigenvalue weighted by Crippen LogP contribution is -2.37. The standard InChI is InChI=1S/C19H31N/c1-4-15-6-8-17(9-7-15)14-19(20-3)18-12-10-16(5-2)11-13-18/h6-9,16,18-20H,4-5,10-14H2,1-3H3. The van der Waals surface area contributed by atoms with Gasteiger partial charge in [-0.05, 0) is 55.7 Å². The van der Waals surface area contributed by atoms with Crippen molar-refractivity contribution in [1.82, 2.24) is 5.32 Å². The quantitative estimate of drug-likeness (QED) is 0.799. The van der Waals surface area contributed by atoms with Crippen molar-refractivity contribution in [2.75, 3.05) is 7.05 Å². The first-order valence-electron chi connectivity index (χ1n) is 8.51. The van der Waals surface area contributed by atoms with Crippen molar-refractivity contribution in [1.29, 1.82) is 0 Å². The lowest BCUT2D eigenvalue weighted by atomic mass is 9.76. The minimum atomic E-state index is 0.653. The van der Waals surface area contributed by atoms with Crippen LogP contribution in [0.2, 0.25) is 0 Å². The molecule has 1 aliphatic carbocycles. The maximum atomic E-state index is 3.58. The van der Waals surface area contributed by atoms with Crippen molar-refractivity contribution in [3.8, 4) is 0 Å². The zero-order valence-corrected chi connectivity index (χ0v) is 13.5. The molecule has 1 atom stereocenters. The maximum absolute atomic E-state index is 3.58. The Bertz CT molecular complexity index is 373. The average Bonchev–Trinajstić information content (AvgIpc) is 2.53. The van der Waals surface area contributed by atoms with Gasteiger partial charge >= 0.3 is 0 Å². The fourth-order valence-corrected chi connectivity index (χ4v) is 3.67. The van der Waals surface area contributed by atoms with Crippen LogP contribution in [0.25, 0.3) is 0 Å². The topological polar surface area (TPSA) is 12.0 Å². The molecule has 0 amide bonds. The second kappa shape index (κ2) is 7.83. The Morgan fingerprint density at radius 1 is 1.00 bits per heavy atom. The molecule has 1 aromatic carbocycles. The van der Waals surface area contributed by atoms with Crippen molar-refractivity contribution >= 4 is 0 Å². The Balaban J connectivity index is 1.91. The second-order valence-electron chi connectivity index (χ2n) is 6.46. The zero-order valence-electron chi connectivity index (χ0n) is 13.5. The first-order chi connectivity index (χ1) is 9.76. The molecule has 1 aliphatic rings.